The molecule has 1 heterocycles. The highest BCUT2D eigenvalue weighted by molar-refractivity contribution is 9.10. The molecule has 1 atom stereocenters. The van der Waals surface area contributed by atoms with Gasteiger partial charge in [-0.1, -0.05) is 45.9 Å². The zero-order valence-electron chi connectivity index (χ0n) is 15.6. The van der Waals surface area contributed by atoms with Gasteiger partial charge in [-0.15, -0.1) is 0 Å². The molecule has 6 nitrogen and oxygen atoms in total. The number of thioether (sulfide) groups is 1. The lowest BCUT2D eigenvalue weighted by Gasteiger charge is -2.26. The second-order valence-electron chi connectivity index (χ2n) is 6.25. The van der Waals surface area contributed by atoms with Crippen LogP contribution in [0.2, 0.25) is 0 Å². The number of nitrogens with zero attached hydrogens (tertiary/aromatic N) is 1. The van der Waals surface area contributed by atoms with Crippen LogP contribution in [0.1, 0.15) is 17.9 Å². The fourth-order valence-corrected chi connectivity index (χ4v) is 4.16. The van der Waals surface area contributed by atoms with Crippen molar-refractivity contribution in [3.05, 3.63) is 69.2 Å². The number of methoxy groups -OCH3 is 1. The van der Waals surface area contributed by atoms with Gasteiger partial charge in [-0.2, -0.15) is 5.26 Å². The number of halogens is 1. The minimum atomic E-state index is -0.415. The average Bonchev–Trinajstić information content (AvgIpc) is 2.73. The van der Waals surface area contributed by atoms with Crippen molar-refractivity contribution in [3.8, 4) is 11.8 Å². The van der Waals surface area contributed by atoms with Crippen molar-refractivity contribution in [1.29, 1.82) is 5.26 Å². The summed E-state index contributed by atoms with van der Waals surface area (Å²) in [6.07, 6.45) is 0.151. The first-order valence-corrected chi connectivity index (χ1v) is 10.5. The molecular weight excluding hydrogens is 454 g/mol. The average molecular weight is 472 g/mol. The topological polar surface area (TPSA) is 91.2 Å². The van der Waals surface area contributed by atoms with Crippen LogP contribution in [0.3, 0.4) is 0 Å². The van der Waals surface area contributed by atoms with Gasteiger partial charge >= 0.3 is 0 Å². The molecule has 29 heavy (non-hydrogen) atoms. The zero-order chi connectivity index (χ0) is 20.8. The van der Waals surface area contributed by atoms with Crippen molar-refractivity contribution in [2.24, 2.45) is 0 Å². The van der Waals surface area contributed by atoms with Crippen molar-refractivity contribution >= 4 is 45.2 Å². The van der Waals surface area contributed by atoms with Gasteiger partial charge < -0.3 is 15.4 Å². The molecule has 3 rings (SSSR count). The van der Waals surface area contributed by atoms with Gasteiger partial charge in [-0.25, -0.2) is 0 Å². The molecule has 1 aliphatic rings. The smallest absolute Gasteiger partial charge is 0.234 e. The summed E-state index contributed by atoms with van der Waals surface area (Å²) in [6.45, 7) is 0. The first-order chi connectivity index (χ1) is 14.0. The van der Waals surface area contributed by atoms with Crippen molar-refractivity contribution < 1.29 is 14.3 Å². The largest absolute Gasteiger partial charge is 0.496 e. The maximum absolute atomic E-state index is 12.3. The van der Waals surface area contributed by atoms with Gasteiger partial charge in [0.05, 0.1) is 29.5 Å². The highest BCUT2D eigenvalue weighted by Crippen LogP contribution is 2.39. The fraction of sp³-hybridized carbons (Fsp3) is 0.190. The molecule has 2 N–H and O–H groups in total. The Morgan fingerprint density at radius 3 is 2.72 bits per heavy atom. The lowest BCUT2D eigenvalue weighted by Crippen LogP contribution is -2.31. The van der Waals surface area contributed by atoms with Crippen molar-refractivity contribution in [1.82, 2.24) is 5.32 Å². The molecule has 0 bridgehead atoms. The Morgan fingerprint density at radius 1 is 1.31 bits per heavy atom. The second-order valence-corrected chi connectivity index (χ2v) is 8.15. The molecule has 2 amide bonds. The number of nitrogens with one attached hydrogen (secondary N) is 2. The predicted molar refractivity (Wildman–Crippen MR) is 116 cm³/mol. The Bertz CT molecular complexity index is 999. The summed E-state index contributed by atoms with van der Waals surface area (Å²) in [5, 5.41) is 15.7. The Labute approximate surface area is 181 Å². The Hall–Kier alpha value is -2.76. The molecule has 1 aliphatic heterocycles. The van der Waals surface area contributed by atoms with Gasteiger partial charge in [0, 0.05) is 28.1 Å². The van der Waals surface area contributed by atoms with E-state index in [4.69, 9.17) is 4.74 Å². The predicted octanol–water partition coefficient (Wildman–Crippen LogP) is 4.17. The Morgan fingerprint density at radius 2 is 2.03 bits per heavy atom. The number of carbonyl (C=O) groups is 2. The molecule has 2 aromatic rings. The van der Waals surface area contributed by atoms with Crippen molar-refractivity contribution in [2.75, 3.05) is 18.2 Å². The Kier molecular flexibility index (Phi) is 6.96. The van der Waals surface area contributed by atoms with Crippen LogP contribution in [0.4, 0.5) is 5.69 Å². The standard InChI is InChI=1S/C21H18BrN3O3S/c1-28-18-5-3-2-4-15(18)16-10-19(26)25-21(17(16)11-23)29-12-20(27)24-14-8-6-13(22)7-9-14/h2-9,16H,10,12H2,1H3,(H,24,27)(H,25,26). The van der Waals surface area contributed by atoms with Crippen LogP contribution in [0.5, 0.6) is 5.75 Å². The summed E-state index contributed by atoms with van der Waals surface area (Å²) in [7, 11) is 1.56. The molecule has 148 valence electrons. The quantitative estimate of drug-likeness (QED) is 0.659. The number of hydrogen-bond acceptors (Lipinski definition) is 5. The number of ether oxygens (including phenoxy) is 1. The lowest BCUT2D eigenvalue weighted by molar-refractivity contribution is -0.121. The molecule has 0 aliphatic carbocycles. The summed E-state index contributed by atoms with van der Waals surface area (Å²) in [4.78, 5) is 24.6. The van der Waals surface area contributed by atoms with Crippen LogP contribution in [0.25, 0.3) is 0 Å². The first kappa shape index (κ1) is 21.0. The minimum absolute atomic E-state index is 0.0650. The lowest BCUT2D eigenvalue weighted by atomic mass is 9.86. The number of anilines is 1. The van der Waals surface area contributed by atoms with Crippen LogP contribution < -0.4 is 15.4 Å². The van der Waals surface area contributed by atoms with E-state index in [9.17, 15) is 14.9 Å². The molecule has 8 heteroatoms. The maximum Gasteiger partial charge on any atom is 0.234 e. The van der Waals surface area contributed by atoms with Crippen LogP contribution in [-0.2, 0) is 9.59 Å². The highest BCUT2D eigenvalue weighted by atomic mass is 79.9. The van der Waals surface area contributed by atoms with Gasteiger partial charge in [0.2, 0.25) is 11.8 Å². The number of amides is 2. The van der Waals surface area contributed by atoms with Crippen molar-refractivity contribution in [2.45, 2.75) is 12.3 Å². The van der Waals surface area contributed by atoms with Crippen LogP contribution in [0, 0.1) is 11.3 Å². The molecule has 0 saturated heterocycles. The molecule has 0 aromatic heterocycles. The highest BCUT2D eigenvalue weighted by Gasteiger charge is 2.31. The van der Waals surface area contributed by atoms with E-state index >= 15 is 0 Å². The van der Waals surface area contributed by atoms with E-state index in [2.05, 4.69) is 32.6 Å². The summed E-state index contributed by atoms with van der Waals surface area (Å²) >= 11 is 4.49. The molecule has 1 unspecified atom stereocenters. The number of benzene rings is 2. The van der Waals surface area contributed by atoms with Crippen LogP contribution in [-0.4, -0.2) is 24.7 Å². The molecule has 2 aromatic carbocycles. The number of nitriles is 1. The van der Waals surface area contributed by atoms with E-state index in [0.29, 0.717) is 22.0 Å². The third-order valence-electron chi connectivity index (χ3n) is 4.35. The number of rotatable bonds is 6. The molecule has 0 saturated carbocycles. The normalized spacial score (nSPS) is 16.0. The number of allylic oxidation sites excluding steroid dienone is 1. The van der Waals surface area contributed by atoms with E-state index in [1.54, 1.807) is 25.3 Å². The summed E-state index contributed by atoms with van der Waals surface area (Å²) in [5.41, 5.74) is 1.88. The van der Waals surface area contributed by atoms with E-state index in [0.717, 1.165) is 21.8 Å². The van der Waals surface area contributed by atoms with E-state index in [1.807, 2.05) is 30.3 Å². The van der Waals surface area contributed by atoms with Gasteiger partial charge in [0.1, 0.15) is 5.75 Å². The van der Waals surface area contributed by atoms with Gasteiger partial charge in [0.25, 0.3) is 0 Å². The Balaban J connectivity index is 1.78. The third-order valence-corrected chi connectivity index (χ3v) is 5.89. The molecule has 0 fully saturated rings. The fourth-order valence-electron chi connectivity index (χ4n) is 3.02. The number of hydrogen-bond donors (Lipinski definition) is 2. The van der Waals surface area contributed by atoms with Gasteiger partial charge in [0.15, 0.2) is 0 Å². The van der Waals surface area contributed by atoms with Crippen LogP contribution >= 0.6 is 27.7 Å². The third kappa shape index (κ3) is 5.19. The van der Waals surface area contributed by atoms with E-state index < -0.39 is 5.92 Å². The molecular formula is C21H18BrN3O3S. The van der Waals surface area contributed by atoms with Gasteiger partial charge in [-0.3, -0.25) is 9.59 Å². The minimum Gasteiger partial charge on any atom is -0.496 e. The van der Waals surface area contributed by atoms with E-state index in [1.165, 1.54) is 0 Å². The molecule has 0 spiro atoms. The summed E-state index contributed by atoms with van der Waals surface area (Å²) < 4.78 is 6.31. The second kappa shape index (κ2) is 9.63. The first-order valence-electron chi connectivity index (χ1n) is 8.77. The summed E-state index contributed by atoms with van der Waals surface area (Å²) in [5.74, 6) is -0.152. The molecule has 0 radical (unpaired) electrons. The number of carbonyl (C=O) groups excluding carboxylic acids is 2. The maximum atomic E-state index is 12.3. The zero-order valence-corrected chi connectivity index (χ0v) is 18.0. The van der Waals surface area contributed by atoms with Crippen LogP contribution in [0.15, 0.2) is 63.6 Å². The van der Waals surface area contributed by atoms with Crippen molar-refractivity contribution in [3.63, 3.8) is 0 Å². The SMILES string of the molecule is COc1ccccc1C1CC(=O)NC(SCC(=O)Nc2ccc(Br)cc2)=C1C#N. The monoisotopic (exact) mass is 471 g/mol. The van der Waals surface area contributed by atoms with Gasteiger partial charge in [-0.05, 0) is 30.3 Å². The number of para-hydroxylation sites is 1. The van der Waals surface area contributed by atoms with E-state index in [-0.39, 0.29) is 24.0 Å². The summed E-state index contributed by atoms with van der Waals surface area (Å²) in [6, 6.07) is 16.8.